The summed E-state index contributed by atoms with van der Waals surface area (Å²) < 4.78 is 5.31. The van der Waals surface area contributed by atoms with Crippen molar-refractivity contribution in [3.8, 4) is 0 Å². The summed E-state index contributed by atoms with van der Waals surface area (Å²) in [5, 5.41) is 8.43. The van der Waals surface area contributed by atoms with Gasteiger partial charge in [0.05, 0.1) is 29.2 Å². The summed E-state index contributed by atoms with van der Waals surface area (Å²) in [4.78, 5) is 46.4. The average molecular weight is 547 g/mol. The van der Waals surface area contributed by atoms with Gasteiger partial charge < -0.3 is 25.2 Å². The van der Waals surface area contributed by atoms with Crippen LogP contribution in [0.2, 0.25) is 0 Å². The lowest BCUT2D eigenvalue weighted by atomic mass is 10.2. The molecule has 0 unspecified atom stereocenters. The van der Waals surface area contributed by atoms with Crippen molar-refractivity contribution in [2.24, 2.45) is 0 Å². The van der Waals surface area contributed by atoms with Gasteiger partial charge in [0.1, 0.15) is 5.60 Å². The van der Waals surface area contributed by atoms with Crippen molar-refractivity contribution in [3.63, 3.8) is 0 Å². The molecule has 0 radical (unpaired) electrons. The summed E-state index contributed by atoms with van der Waals surface area (Å²) >= 11 is 0. The van der Waals surface area contributed by atoms with E-state index in [4.69, 9.17) is 4.74 Å². The smallest absolute Gasteiger partial charge is 0.412 e. The zero-order valence-electron chi connectivity index (χ0n) is 23.9. The van der Waals surface area contributed by atoms with Gasteiger partial charge in [0.2, 0.25) is 0 Å². The molecule has 0 aliphatic rings. The van der Waals surface area contributed by atoms with E-state index in [1.54, 1.807) is 62.1 Å². The number of aromatic nitrogens is 1. The highest BCUT2D eigenvalue weighted by molar-refractivity contribution is 6.06. The van der Waals surface area contributed by atoms with Crippen LogP contribution >= 0.6 is 0 Å². The van der Waals surface area contributed by atoms with Crippen LogP contribution in [0.5, 0.6) is 0 Å². The first-order chi connectivity index (χ1) is 18.9. The van der Waals surface area contributed by atoms with Gasteiger partial charge in [-0.15, -0.1) is 0 Å². The molecule has 0 saturated carbocycles. The van der Waals surface area contributed by atoms with E-state index in [1.807, 2.05) is 50.2 Å². The molecular weight excluding hydrogens is 508 g/mol. The van der Waals surface area contributed by atoms with Gasteiger partial charge in [-0.3, -0.25) is 15.1 Å². The van der Waals surface area contributed by atoms with Crippen molar-refractivity contribution < 1.29 is 19.1 Å². The predicted molar refractivity (Wildman–Crippen MR) is 158 cm³/mol. The number of hydrogen-bond donors (Lipinski definition) is 3. The van der Waals surface area contributed by atoms with Crippen LogP contribution in [0.25, 0.3) is 0 Å². The van der Waals surface area contributed by atoms with E-state index >= 15 is 0 Å². The van der Waals surface area contributed by atoms with Crippen LogP contribution in [0.4, 0.5) is 26.7 Å². The number of nitrogens with zero attached hydrogens (tertiary/aromatic N) is 3. The monoisotopic (exact) mass is 546 g/mol. The Kier molecular flexibility index (Phi) is 10.2. The molecule has 1 aromatic heterocycles. The van der Waals surface area contributed by atoms with E-state index in [1.165, 1.54) is 6.20 Å². The first-order valence-corrected chi connectivity index (χ1v) is 13.0. The molecular formula is C30H38N6O4. The second-order valence-electron chi connectivity index (χ2n) is 10.7. The van der Waals surface area contributed by atoms with Gasteiger partial charge in [0.15, 0.2) is 0 Å². The molecule has 3 aromatic rings. The second kappa shape index (κ2) is 13.6. The lowest BCUT2D eigenvalue weighted by molar-refractivity contribution is 0.0635. The quantitative estimate of drug-likeness (QED) is 0.322. The highest BCUT2D eigenvalue weighted by atomic mass is 16.6. The number of carbonyl (C=O) groups excluding carboxylic acids is 3. The molecule has 0 atom stereocenters. The molecule has 0 aliphatic heterocycles. The molecule has 10 heteroatoms. The number of nitrogens with one attached hydrogen (secondary N) is 3. The number of aryl methyl sites for hydroxylation is 1. The van der Waals surface area contributed by atoms with Crippen molar-refractivity contribution in [2.75, 3.05) is 43.1 Å². The summed E-state index contributed by atoms with van der Waals surface area (Å²) in [7, 11) is 3.90. The fraction of sp³-hybridized carbons (Fsp3) is 0.333. The van der Waals surface area contributed by atoms with Crippen LogP contribution in [0.1, 0.15) is 42.4 Å². The highest BCUT2D eigenvalue weighted by Crippen LogP contribution is 2.23. The largest absolute Gasteiger partial charge is 0.444 e. The number of amides is 4. The number of likely N-dealkylation sites (N-methyl/N-ethyl adjacent to an activating group) is 1. The number of hydrogen-bond acceptors (Lipinski definition) is 6. The molecule has 212 valence electrons. The molecule has 0 saturated heterocycles. The summed E-state index contributed by atoms with van der Waals surface area (Å²) in [5.41, 5.74) is 2.93. The summed E-state index contributed by atoms with van der Waals surface area (Å²) in [6.45, 7) is 8.74. The van der Waals surface area contributed by atoms with E-state index in [-0.39, 0.29) is 18.5 Å². The Morgan fingerprint density at radius 2 is 1.57 bits per heavy atom. The van der Waals surface area contributed by atoms with Gasteiger partial charge in [-0.1, -0.05) is 24.3 Å². The molecule has 2 aromatic carbocycles. The van der Waals surface area contributed by atoms with E-state index in [0.717, 1.165) is 11.3 Å². The van der Waals surface area contributed by atoms with Crippen LogP contribution < -0.4 is 16.0 Å². The fourth-order valence-electron chi connectivity index (χ4n) is 3.66. The van der Waals surface area contributed by atoms with Crippen LogP contribution in [0, 0.1) is 6.92 Å². The molecule has 3 rings (SSSR count). The Morgan fingerprint density at radius 1 is 0.875 bits per heavy atom. The molecule has 3 N–H and O–H groups in total. The minimum absolute atomic E-state index is 0.231. The molecule has 0 fully saturated rings. The Labute approximate surface area is 235 Å². The van der Waals surface area contributed by atoms with Crippen LogP contribution in [0.3, 0.4) is 0 Å². The molecule has 0 spiro atoms. The predicted octanol–water partition coefficient (Wildman–Crippen LogP) is 5.59. The maximum absolute atomic E-state index is 13.1. The summed E-state index contributed by atoms with van der Waals surface area (Å²) in [5.74, 6) is -0.390. The maximum atomic E-state index is 13.1. The Bertz CT molecular complexity index is 1320. The van der Waals surface area contributed by atoms with Gasteiger partial charge in [0.25, 0.3) is 5.91 Å². The Hall–Kier alpha value is -4.44. The van der Waals surface area contributed by atoms with Gasteiger partial charge >= 0.3 is 12.1 Å². The summed E-state index contributed by atoms with van der Waals surface area (Å²) in [6, 6.07) is 17.6. The second-order valence-corrected chi connectivity index (χ2v) is 10.7. The third kappa shape index (κ3) is 9.70. The average Bonchev–Trinajstić information content (AvgIpc) is 2.86. The van der Waals surface area contributed by atoms with E-state index in [2.05, 4.69) is 20.9 Å². The lowest BCUT2D eigenvalue weighted by Gasteiger charge is -2.24. The minimum atomic E-state index is -0.654. The van der Waals surface area contributed by atoms with Gasteiger partial charge in [-0.2, -0.15) is 0 Å². The normalized spacial score (nSPS) is 11.1. The third-order valence-electron chi connectivity index (χ3n) is 5.62. The maximum Gasteiger partial charge on any atom is 0.412 e. The zero-order chi connectivity index (χ0) is 29.3. The standard InChI is InChI=1S/C30H38N6O4/c1-21-10-9-11-23(18-21)32-28(38)36(17-16-35(5)6)20-24-15-14-22(19-31-24)27(37)33-25-12-7-8-13-26(25)34-29(39)40-30(2,3)4/h7-15,18-19H,16-17,20H2,1-6H3,(H,32,38)(H,33,37)(H,34,39). The summed E-state index contributed by atoms with van der Waals surface area (Å²) in [6.07, 6.45) is 0.849. The van der Waals surface area contributed by atoms with E-state index in [0.29, 0.717) is 35.7 Å². The number of para-hydroxylation sites is 2. The van der Waals surface area contributed by atoms with Crippen molar-refractivity contribution in [3.05, 3.63) is 83.7 Å². The fourth-order valence-corrected chi connectivity index (χ4v) is 3.66. The highest BCUT2D eigenvalue weighted by Gasteiger charge is 2.19. The van der Waals surface area contributed by atoms with Crippen LogP contribution in [0.15, 0.2) is 66.9 Å². The number of pyridine rings is 1. The van der Waals surface area contributed by atoms with Crippen molar-refractivity contribution in [2.45, 2.75) is 39.8 Å². The SMILES string of the molecule is Cc1cccc(NC(=O)N(CCN(C)C)Cc2ccc(C(=O)Nc3ccccc3NC(=O)OC(C)(C)C)cn2)c1. The van der Waals surface area contributed by atoms with Crippen LogP contribution in [-0.2, 0) is 11.3 Å². The molecule has 1 heterocycles. The third-order valence-corrected chi connectivity index (χ3v) is 5.62. The van der Waals surface area contributed by atoms with Gasteiger partial charge in [-0.05, 0) is 83.8 Å². The van der Waals surface area contributed by atoms with Crippen molar-refractivity contribution in [1.29, 1.82) is 0 Å². The number of ether oxygens (including phenoxy) is 1. The Balaban J connectivity index is 1.67. The minimum Gasteiger partial charge on any atom is -0.444 e. The molecule has 10 nitrogen and oxygen atoms in total. The van der Waals surface area contributed by atoms with Gasteiger partial charge in [-0.25, -0.2) is 9.59 Å². The van der Waals surface area contributed by atoms with Gasteiger partial charge in [0, 0.05) is 25.0 Å². The number of rotatable bonds is 9. The van der Waals surface area contributed by atoms with E-state index < -0.39 is 11.7 Å². The van der Waals surface area contributed by atoms with Crippen LogP contribution in [-0.4, -0.2) is 65.6 Å². The number of anilines is 3. The number of urea groups is 1. The molecule has 40 heavy (non-hydrogen) atoms. The van der Waals surface area contributed by atoms with Crippen molar-refractivity contribution in [1.82, 2.24) is 14.8 Å². The zero-order valence-corrected chi connectivity index (χ0v) is 23.9. The first kappa shape index (κ1) is 30.1. The first-order valence-electron chi connectivity index (χ1n) is 13.0. The molecule has 4 amide bonds. The Morgan fingerprint density at radius 3 is 2.17 bits per heavy atom. The topological polar surface area (TPSA) is 116 Å². The molecule has 0 bridgehead atoms. The number of carbonyl (C=O) groups is 3. The van der Waals surface area contributed by atoms with Crippen molar-refractivity contribution >= 4 is 35.1 Å². The van der Waals surface area contributed by atoms with E-state index in [9.17, 15) is 14.4 Å². The number of benzene rings is 2. The lowest BCUT2D eigenvalue weighted by Crippen LogP contribution is -2.39. The molecule has 0 aliphatic carbocycles.